The van der Waals surface area contributed by atoms with Gasteiger partial charge in [-0.15, -0.1) is 0 Å². The molecular formula is C16H19NO2S2. The fourth-order valence-electron chi connectivity index (χ4n) is 2.83. The van der Waals surface area contributed by atoms with Crippen molar-refractivity contribution in [2.24, 2.45) is 0 Å². The lowest BCUT2D eigenvalue weighted by atomic mass is 10.1. The maximum absolute atomic E-state index is 12.2. The minimum Gasteiger partial charge on any atom is -0.274 e. The van der Waals surface area contributed by atoms with Crippen molar-refractivity contribution in [1.82, 2.24) is 4.90 Å². The standard InChI is InChI=1S/C16H19NO2S2/c18-15-13-7-3-4-8-14(13)16(19)17(15)10-5-1-2-6-12-9-11-20-21-12/h3-4,7-8,12H,1-2,5-6,9-11H2. The monoisotopic (exact) mass is 321 g/mol. The highest BCUT2D eigenvalue weighted by atomic mass is 33.1. The van der Waals surface area contributed by atoms with E-state index in [4.69, 9.17) is 0 Å². The van der Waals surface area contributed by atoms with Gasteiger partial charge in [0.25, 0.3) is 11.8 Å². The SMILES string of the molecule is O=C1c2ccccc2C(=O)N1CCCCCC1CCSS1. The lowest BCUT2D eigenvalue weighted by Crippen LogP contribution is -2.30. The minimum absolute atomic E-state index is 0.127. The Morgan fingerprint density at radius 1 is 1.05 bits per heavy atom. The molecule has 0 saturated carbocycles. The number of nitrogens with zero attached hydrogens (tertiary/aromatic N) is 1. The van der Waals surface area contributed by atoms with Crippen LogP contribution in [0.5, 0.6) is 0 Å². The molecular weight excluding hydrogens is 302 g/mol. The number of benzene rings is 1. The summed E-state index contributed by atoms with van der Waals surface area (Å²) in [7, 11) is 4.00. The van der Waals surface area contributed by atoms with E-state index in [0.717, 1.165) is 18.1 Å². The molecule has 1 unspecified atom stereocenters. The molecule has 0 aliphatic carbocycles. The van der Waals surface area contributed by atoms with Crippen LogP contribution in [0.15, 0.2) is 24.3 Å². The molecule has 1 saturated heterocycles. The Hall–Kier alpha value is -0.940. The van der Waals surface area contributed by atoms with E-state index in [9.17, 15) is 9.59 Å². The molecule has 0 aromatic heterocycles. The predicted octanol–water partition coefficient (Wildman–Crippen LogP) is 4.00. The molecule has 0 spiro atoms. The zero-order chi connectivity index (χ0) is 14.7. The fraction of sp³-hybridized carbons (Fsp3) is 0.500. The molecule has 3 nitrogen and oxygen atoms in total. The summed E-state index contributed by atoms with van der Waals surface area (Å²) in [5.74, 6) is 1.03. The molecule has 112 valence electrons. The van der Waals surface area contributed by atoms with E-state index in [0.29, 0.717) is 17.7 Å². The lowest BCUT2D eigenvalue weighted by Gasteiger charge is -2.13. The first-order chi connectivity index (χ1) is 10.3. The highest BCUT2D eigenvalue weighted by molar-refractivity contribution is 8.77. The zero-order valence-corrected chi connectivity index (χ0v) is 13.5. The quantitative estimate of drug-likeness (QED) is 0.451. The summed E-state index contributed by atoms with van der Waals surface area (Å²) >= 11 is 0. The first-order valence-corrected chi connectivity index (χ1v) is 9.89. The number of carbonyl (C=O) groups is 2. The molecule has 2 aliphatic heterocycles. The second kappa shape index (κ2) is 6.88. The third-order valence-electron chi connectivity index (χ3n) is 4.01. The molecule has 1 atom stereocenters. The first kappa shape index (κ1) is 15.0. The molecule has 0 bridgehead atoms. The highest BCUT2D eigenvalue weighted by Crippen LogP contribution is 2.39. The van der Waals surface area contributed by atoms with Crippen LogP contribution in [0, 0.1) is 0 Å². The summed E-state index contributed by atoms with van der Waals surface area (Å²) in [6, 6.07) is 7.10. The van der Waals surface area contributed by atoms with Crippen LogP contribution in [0.2, 0.25) is 0 Å². The highest BCUT2D eigenvalue weighted by Gasteiger charge is 2.34. The van der Waals surface area contributed by atoms with Gasteiger partial charge in [-0.3, -0.25) is 14.5 Å². The van der Waals surface area contributed by atoms with Gasteiger partial charge >= 0.3 is 0 Å². The summed E-state index contributed by atoms with van der Waals surface area (Å²) < 4.78 is 0. The maximum atomic E-state index is 12.2. The molecule has 2 amide bonds. The van der Waals surface area contributed by atoms with E-state index in [2.05, 4.69) is 0 Å². The smallest absolute Gasteiger partial charge is 0.261 e. The summed E-state index contributed by atoms with van der Waals surface area (Å²) in [5, 5.41) is 0.814. The van der Waals surface area contributed by atoms with Crippen LogP contribution in [0.25, 0.3) is 0 Å². The minimum atomic E-state index is -0.127. The Morgan fingerprint density at radius 3 is 2.38 bits per heavy atom. The maximum Gasteiger partial charge on any atom is 0.261 e. The number of hydrogen-bond acceptors (Lipinski definition) is 4. The van der Waals surface area contributed by atoms with Gasteiger partial charge in [0.15, 0.2) is 0 Å². The molecule has 21 heavy (non-hydrogen) atoms. The fourth-order valence-corrected chi connectivity index (χ4v) is 5.85. The van der Waals surface area contributed by atoms with Crippen LogP contribution in [-0.2, 0) is 0 Å². The number of hydrogen-bond donors (Lipinski definition) is 0. The largest absolute Gasteiger partial charge is 0.274 e. The van der Waals surface area contributed by atoms with E-state index in [1.54, 1.807) is 12.1 Å². The second-order valence-electron chi connectivity index (χ2n) is 5.49. The average Bonchev–Trinajstić information content (AvgIpc) is 3.10. The van der Waals surface area contributed by atoms with Gasteiger partial charge < -0.3 is 0 Å². The Labute approximate surface area is 133 Å². The molecule has 1 aromatic carbocycles. The van der Waals surface area contributed by atoms with Crippen molar-refractivity contribution < 1.29 is 9.59 Å². The number of rotatable bonds is 6. The van der Waals surface area contributed by atoms with Crippen LogP contribution in [-0.4, -0.2) is 34.3 Å². The Bertz CT molecular complexity index is 506. The van der Waals surface area contributed by atoms with Crippen LogP contribution >= 0.6 is 21.6 Å². The third-order valence-corrected chi connectivity index (χ3v) is 7.02. The van der Waals surface area contributed by atoms with Crippen molar-refractivity contribution in [3.8, 4) is 0 Å². The van der Waals surface area contributed by atoms with Crippen molar-refractivity contribution in [3.63, 3.8) is 0 Å². The van der Waals surface area contributed by atoms with Gasteiger partial charge in [-0.1, -0.05) is 46.6 Å². The van der Waals surface area contributed by atoms with E-state index in [1.807, 2.05) is 33.7 Å². The topological polar surface area (TPSA) is 37.4 Å². The number of carbonyl (C=O) groups excluding carboxylic acids is 2. The van der Waals surface area contributed by atoms with Gasteiger partial charge in [-0.25, -0.2) is 0 Å². The van der Waals surface area contributed by atoms with Crippen LogP contribution in [0.1, 0.15) is 52.8 Å². The van der Waals surface area contributed by atoms with Gasteiger partial charge in [0, 0.05) is 17.5 Å². The molecule has 0 N–H and O–H groups in total. The van der Waals surface area contributed by atoms with E-state index < -0.39 is 0 Å². The van der Waals surface area contributed by atoms with E-state index in [-0.39, 0.29) is 11.8 Å². The van der Waals surface area contributed by atoms with Gasteiger partial charge in [-0.2, -0.15) is 0 Å². The number of fused-ring (bicyclic) bond motifs is 1. The molecule has 1 aromatic rings. The van der Waals surface area contributed by atoms with Gasteiger partial charge in [0.2, 0.25) is 0 Å². The Balaban J connectivity index is 1.44. The van der Waals surface area contributed by atoms with Crippen molar-refractivity contribution in [3.05, 3.63) is 35.4 Å². The number of imide groups is 1. The molecule has 2 aliphatic rings. The summed E-state index contributed by atoms with van der Waals surface area (Å²) in [5.41, 5.74) is 1.11. The predicted molar refractivity (Wildman–Crippen MR) is 88.7 cm³/mol. The summed E-state index contributed by atoms with van der Waals surface area (Å²) in [6.07, 6.45) is 5.79. The van der Waals surface area contributed by atoms with Gasteiger partial charge in [0.05, 0.1) is 11.1 Å². The molecule has 2 heterocycles. The summed E-state index contributed by atoms with van der Waals surface area (Å²) in [6.45, 7) is 0.554. The van der Waals surface area contributed by atoms with Crippen molar-refractivity contribution >= 4 is 33.4 Å². The van der Waals surface area contributed by atoms with E-state index >= 15 is 0 Å². The zero-order valence-electron chi connectivity index (χ0n) is 11.9. The second-order valence-corrected chi connectivity index (χ2v) is 8.27. The third kappa shape index (κ3) is 3.29. The number of amides is 2. The first-order valence-electron chi connectivity index (χ1n) is 7.51. The van der Waals surface area contributed by atoms with Crippen molar-refractivity contribution in [2.45, 2.75) is 37.4 Å². The molecule has 1 fully saturated rings. The van der Waals surface area contributed by atoms with Crippen LogP contribution in [0.4, 0.5) is 0 Å². The molecule has 3 rings (SSSR count). The van der Waals surface area contributed by atoms with Crippen molar-refractivity contribution in [2.75, 3.05) is 12.3 Å². The van der Waals surface area contributed by atoms with Crippen LogP contribution in [0.3, 0.4) is 0 Å². The molecule has 5 heteroatoms. The van der Waals surface area contributed by atoms with Crippen LogP contribution < -0.4 is 0 Å². The normalized spacial score (nSPS) is 21.1. The van der Waals surface area contributed by atoms with E-state index in [1.165, 1.54) is 29.9 Å². The molecule has 0 radical (unpaired) electrons. The lowest BCUT2D eigenvalue weighted by molar-refractivity contribution is 0.0651. The number of unbranched alkanes of at least 4 members (excludes halogenated alkanes) is 2. The summed E-state index contributed by atoms with van der Waals surface area (Å²) in [4.78, 5) is 25.8. The Kier molecular flexibility index (Phi) is 4.91. The van der Waals surface area contributed by atoms with Gasteiger partial charge in [-0.05, 0) is 31.4 Å². The van der Waals surface area contributed by atoms with Crippen molar-refractivity contribution in [1.29, 1.82) is 0 Å². The average molecular weight is 321 g/mol. The van der Waals surface area contributed by atoms with Gasteiger partial charge in [0.1, 0.15) is 0 Å². The Morgan fingerprint density at radius 2 is 1.76 bits per heavy atom.